The Kier molecular flexibility index (Phi) is 2.14. The van der Waals surface area contributed by atoms with Crippen LogP contribution in [0.25, 0.3) is 5.69 Å². The fourth-order valence-electron chi connectivity index (χ4n) is 1.72. The molecule has 6 nitrogen and oxygen atoms in total. The van der Waals surface area contributed by atoms with E-state index in [1.165, 1.54) is 0 Å². The van der Waals surface area contributed by atoms with Crippen LogP contribution in [0.5, 0.6) is 0 Å². The predicted octanol–water partition coefficient (Wildman–Crippen LogP) is 1.24. The van der Waals surface area contributed by atoms with Gasteiger partial charge in [0.25, 0.3) is 0 Å². The van der Waals surface area contributed by atoms with E-state index in [0.717, 1.165) is 24.4 Å². The summed E-state index contributed by atoms with van der Waals surface area (Å²) in [5, 5.41) is 20.4. The molecule has 0 radical (unpaired) electrons. The van der Waals surface area contributed by atoms with Gasteiger partial charge in [-0.15, -0.1) is 5.10 Å². The molecule has 6 heteroatoms. The van der Waals surface area contributed by atoms with Crippen LogP contribution in [-0.2, 0) is 0 Å². The van der Waals surface area contributed by atoms with Crippen LogP contribution in [-0.4, -0.2) is 31.3 Å². The van der Waals surface area contributed by atoms with Crippen molar-refractivity contribution in [2.75, 3.05) is 0 Å². The van der Waals surface area contributed by atoms with Crippen LogP contribution in [0.4, 0.5) is 0 Å². The minimum absolute atomic E-state index is 0.259. The molecule has 0 spiro atoms. The molecule has 17 heavy (non-hydrogen) atoms. The second kappa shape index (κ2) is 3.65. The SMILES string of the molecule is O=C(O)c1ccc(-n2nnnc2C2CC2)cc1. The Morgan fingerprint density at radius 2 is 2.00 bits per heavy atom. The van der Waals surface area contributed by atoms with Gasteiger partial charge in [-0.25, -0.2) is 4.79 Å². The summed E-state index contributed by atoms with van der Waals surface area (Å²) in [4.78, 5) is 10.7. The number of hydrogen-bond acceptors (Lipinski definition) is 4. The minimum atomic E-state index is -0.935. The minimum Gasteiger partial charge on any atom is -0.478 e. The molecule has 86 valence electrons. The fourth-order valence-corrected chi connectivity index (χ4v) is 1.72. The Hall–Kier alpha value is -2.24. The highest BCUT2D eigenvalue weighted by Crippen LogP contribution is 2.39. The lowest BCUT2D eigenvalue weighted by Gasteiger charge is -2.03. The van der Waals surface area contributed by atoms with Crippen molar-refractivity contribution < 1.29 is 9.90 Å². The van der Waals surface area contributed by atoms with Gasteiger partial charge in [0.15, 0.2) is 5.82 Å². The number of rotatable bonds is 3. The Labute approximate surface area is 96.9 Å². The molecule has 0 amide bonds. The molecule has 2 aromatic rings. The van der Waals surface area contributed by atoms with E-state index in [4.69, 9.17) is 5.11 Å². The van der Waals surface area contributed by atoms with Crippen molar-refractivity contribution >= 4 is 5.97 Å². The van der Waals surface area contributed by atoms with E-state index in [2.05, 4.69) is 15.5 Å². The molecule has 3 rings (SSSR count). The van der Waals surface area contributed by atoms with Crippen molar-refractivity contribution in [3.8, 4) is 5.69 Å². The summed E-state index contributed by atoms with van der Waals surface area (Å²) >= 11 is 0. The maximum Gasteiger partial charge on any atom is 0.335 e. The molecule has 1 aliphatic rings. The molecule has 0 unspecified atom stereocenters. The van der Waals surface area contributed by atoms with E-state index in [9.17, 15) is 4.79 Å². The number of carboxylic acid groups (broad SMARTS) is 1. The highest BCUT2D eigenvalue weighted by atomic mass is 16.4. The van der Waals surface area contributed by atoms with Gasteiger partial charge in [0.2, 0.25) is 0 Å². The Balaban J connectivity index is 1.97. The average Bonchev–Trinajstić information content (AvgIpc) is 3.07. The molecule has 1 aromatic carbocycles. The van der Waals surface area contributed by atoms with Crippen molar-refractivity contribution in [1.29, 1.82) is 0 Å². The lowest BCUT2D eigenvalue weighted by Crippen LogP contribution is -2.03. The molecular weight excluding hydrogens is 220 g/mol. The van der Waals surface area contributed by atoms with Crippen molar-refractivity contribution in [1.82, 2.24) is 20.2 Å². The van der Waals surface area contributed by atoms with Crippen molar-refractivity contribution in [3.05, 3.63) is 35.7 Å². The zero-order valence-electron chi connectivity index (χ0n) is 8.95. The average molecular weight is 230 g/mol. The Morgan fingerprint density at radius 1 is 1.29 bits per heavy atom. The second-order valence-corrected chi connectivity index (χ2v) is 4.08. The summed E-state index contributed by atoms with van der Waals surface area (Å²) < 4.78 is 1.67. The van der Waals surface area contributed by atoms with E-state index in [0.29, 0.717) is 5.92 Å². The van der Waals surface area contributed by atoms with Gasteiger partial charge in [0.05, 0.1) is 11.3 Å². The number of carboxylic acids is 1. The standard InChI is InChI=1S/C11H10N4O2/c16-11(17)8-3-5-9(6-4-8)15-10(7-1-2-7)12-13-14-15/h3-7H,1-2H2,(H,16,17). The molecule has 0 atom stereocenters. The number of carbonyl (C=O) groups is 1. The third-order valence-corrected chi connectivity index (χ3v) is 2.79. The van der Waals surface area contributed by atoms with Gasteiger partial charge in [-0.2, -0.15) is 4.68 Å². The number of aromatic nitrogens is 4. The lowest BCUT2D eigenvalue weighted by atomic mass is 10.2. The summed E-state index contributed by atoms with van der Waals surface area (Å²) in [7, 11) is 0. The Morgan fingerprint density at radius 3 is 2.59 bits per heavy atom. The largest absolute Gasteiger partial charge is 0.478 e. The van der Waals surface area contributed by atoms with Crippen LogP contribution in [0.3, 0.4) is 0 Å². The smallest absolute Gasteiger partial charge is 0.335 e. The maximum absolute atomic E-state index is 10.7. The number of hydrogen-bond donors (Lipinski definition) is 1. The highest BCUT2D eigenvalue weighted by molar-refractivity contribution is 5.87. The first-order valence-corrected chi connectivity index (χ1v) is 5.38. The molecule has 1 saturated carbocycles. The molecule has 1 aromatic heterocycles. The summed E-state index contributed by atoms with van der Waals surface area (Å²) in [6, 6.07) is 6.53. The first-order chi connectivity index (χ1) is 8.25. The maximum atomic E-state index is 10.7. The molecule has 1 heterocycles. The van der Waals surface area contributed by atoms with Gasteiger partial charge in [0, 0.05) is 5.92 Å². The molecule has 1 N–H and O–H groups in total. The molecule has 0 aliphatic heterocycles. The van der Waals surface area contributed by atoms with Crippen LogP contribution in [0.1, 0.15) is 34.9 Å². The van der Waals surface area contributed by atoms with Crippen molar-refractivity contribution in [3.63, 3.8) is 0 Å². The lowest BCUT2D eigenvalue weighted by molar-refractivity contribution is 0.0697. The fraction of sp³-hybridized carbons (Fsp3) is 0.273. The summed E-state index contributed by atoms with van der Waals surface area (Å²) in [6.07, 6.45) is 2.24. The number of tetrazole rings is 1. The van der Waals surface area contributed by atoms with Crippen LogP contribution in [0.2, 0.25) is 0 Å². The number of benzene rings is 1. The Bertz CT molecular complexity index is 557. The predicted molar refractivity (Wildman–Crippen MR) is 58.1 cm³/mol. The molecule has 0 bridgehead atoms. The zero-order valence-corrected chi connectivity index (χ0v) is 8.95. The normalized spacial score (nSPS) is 14.8. The quantitative estimate of drug-likeness (QED) is 0.857. The monoisotopic (exact) mass is 230 g/mol. The number of aromatic carboxylic acids is 1. The van der Waals surface area contributed by atoms with Gasteiger partial charge >= 0.3 is 5.97 Å². The van der Waals surface area contributed by atoms with E-state index < -0.39 is 5.97 Å². The third-order valence-electron chi connectivity index (χ3n) is 2.79. The van der Waals surface area contributed by atoms with Crippen LogP contribution in [0, 0.1) is 0 Å². The van der Waals surface area contributed by atoms with E-state index in [-0.39, 0.29) is 5.56 Å². The summed E-state index contributed by atoms with van der Waals surface area (Å²) in [5.74, 6) is 0.368. The second-order valence-electron chi connectivity index (χ2n) is 4.08. The van der Waals surface area contributed by atoms with Crippen molar-refractivity contribution in [2.24, 2.45) is 0 Å². The van der Waals surface area contributed by atoms with Crippen LogP contribution < -0.4 is 0 Å². The molecule has 1 fully saturated rings. The van der Waals surface area contributed by atoms with Crippen molar-refractivity contribution in [2.45, 2.75) is 18.8 Å². The van der Waals surface area contributed by atoms with Gasteiger partial charge in [-0.3, -0.25) is 0 Å². The van der Waals surface area contributed by atoms with Crippen LogP contribution in [0.15, 0.2) is 24.3 Å². The molecular formula is C11H10N4O2. The van der Waals surface area contributed by atoms with E-state index >= 15 is 0 Å². The van der Waals surface area contributed by atoms with Gasteiger partial charge in [-0.05, 0) is 47.5 Å². The third kappa shape index (κ3) is 1.77. The molecule has 0 saturated heterocycles. The van der Waals surface area contributed by atoms with Crippen LogP contribution >= 0.6 is 0 Å². The first kappa shape index (κ1) is 9.95. The highest BCUT2D eigenvalue weighted by Gasteiger charge is 2.29. The van der Waals surface area contributed by atoms with E-state index in [1.807, 2.05) is 0 Å². The number of nitrogens with zero attached hydrogens (tertiary/aromatic N) is 4. The topological polar surface area (TPSA) is 80.9 Å². The summed E-state index contributed by atoms with van der Waals surface area (Å²) in [5.41, 5.74) is 1.05. The summed E-state index contributed by atoms with van der Waals surface area (Å²) in [6.45, 7) is 0. The van der Waals surface area contributed by atoms with Gasteiger partial charge < -0.3 is 5.11 Å². The van der Waals surface area contributed by atoms with E-state index in [1.54, 1.807) is 28.9 Å². The zero-order chi connectivity index (χ0) is 11.8. The first-order valence-electron chi connectivity index (χ1n) is 5.38. The van der Waals surface area contributed by atoms with Gasteiger partial charge in [0.1, 0.15) is 0 Å². The molecule has 1 aliphatic carbocycles. The van der Waals surface area contributed by atoms with Gasteiger partial charge in [-0.1, -0.05) is 0 Å².